The monoisotopic (exact) mass is 420 g/mol. The molecule has 4 rings (SSSR count). The number of nitrogens with zero attached hydrogens (tertiary/aromatic N) is 1. The van der Waals surface area contributed by atoms with Crippen molar-refractivity contribution in [2.75, 3.05) is 11.9 Å². The fourth-order valence-electron chi connectivity index (χ4n) is 3.13. The summed E-state index contributed by atoms with van der Waals surface area (Å²) in [6.07, 6.45) is 0. The highest BCUT2D eigenvalue weighted by molar-refractivity contribution is 7.16. The van der Waals surface area contributed by atoms with Crippen LogP contribution in [0.25, 0.3) is 22.2 Å². The van der Waals surface area contributed by atoms with Gasteiger partial charge in [-0.25, -0.2) is 4.98 Å². The van der Waals surface area contributed by atoms with Crippen LogP contribution in [0.2, 0.25) is 0 Å². The molecule has 0 spiro atoms. The van der Waals surface area contributed by atoms with E-state index in [0.717, 1.165) is 27.4 Å². The van der Waals surface area contributed by atoms with Gasteiger partial charge in [0.15, 0.2) is 16.3 Å². The van der Waals surface area contributed by atoms with Crippen LogP contribution in [0.1, 0.15) is 27.9 Å². The number of ether oxygens (including phenoxy) is 1. The zero-order chi connectivity index (χ0) is 21.3. The molecule has 6 nitrogen and oxygen atoms in total. The van der Waals surface area contributed by atoms with E-state index in [1.54, 1.807) is 12.1 Å². The third-order valence-electron chi connectivity index (χ3n) is 4.56. The van der Waals surface area contributed by atoms with E-state index < -0.39 is 5.91 Å². The minimum atomic E-state index is -0.512. The summed E-state index contributed by atoms with van der Waals surface area (Å²) in [7, 11) is 0. The van der Waals surface area contributed by atoms with Gasteiger partial charge in [-0.3, -0.25) is 14.9 Å². The molecule has 4 aromatic rings. The Morgan fingerprint density at radius 2 is 1.90 bits per heavy atom. The molecule has 1 amide bonds. The van der Waals surface area contributed by atoms with E-state index in [-0.39, 0.29) is 11.2 Å². The fraction of sp³-hybridized carbons (Fsp3) is 0.174. The van der Waals surface area contributed by atoms with Gasteiger partial charge in [0.1, 0.15) is 11.3 Å². The first kappa shape index (κ1) is 19.8. The first-order valence-electron chi connectivity index (χ1n) is 9.51. The number of amides is 1. The van der Waals surface area contributed by atoms with Gasteiger partial charge in [-0.2, -0.15) is 0 Å². The van der Waals surface area contributed by atoms with Crippen LogP contribution in [-0.2, 0) is 0 Å². The Labute approximate surface area is 177 Å². The summed E-state index contributed by atoms with van der Waals surface area (Å²) in [4.78, 5) is 30.5. The van der Waals surface area contributed by atoms with E-state index in [9.17, 15) is 9.59 Å². The van der Waals surface area contributed by atoms with Crippen LogP contribution >= 0.6 is 11.3 Å². The zero-order valence-electron chi connectivity index (χ0n) is 16.8. The first-order valence-corrected chi connectivity index (χ1v) is 10.3. The molecule has 1 N–H and O–H groups in total. The van der Waals surface area contributed by atoms with E-state index >= 15 is 0 Å². The summed E-state index contributed by atoms with van der Waals surface area (Å²) in [6, 6.07) is 14.1. The van der Waals surface area contributed by atoms with Crippen molar-refractivity contribution in [1.29, 1.82) is 0 Å². The molecule has 152 valence electrons. The van der Waals surface area contributed by atoms with Crippen molar-refractivity contribution in [1.82, 2.24) is 4.98 Å². The molecule has 2 heterocycles. The number of nitrogens with one attached hydrogen (secondary N) is 1. The van der Waals surface area contributed by atoms with Crippen molar-refractivity contribution in [3.05, 3.63) is 75.0 Å². The summed E-state index contributed by atoms with van der Waals surface area (Å²) < 4.78 is 11.1. The van der Waals surface area contributed by atoms with Crippen LogP contribution in [0.4, 0.5) is 5.13 Å². The van der Waals surface area contributed by atoms with Gasteiger partial charge in [0.2, 0.25) is 0 Å². The van der Waals surface area contributed by atoms with E-state index in [1.165, 1.54) is 17.4 Å². The maximum Gasteiger partial charge on any atom is 0.293 e. The van der Waals surface area contributed by atoms with Gasteiger partial charge >= 0.3 is 0 Å². The molecule has 0 aliphatic carbocycles. The lowest BCUT2D eigenvalue weighted by Crippen LogP contribution is -2.14. The van der Waals surface area contributed by atoms with Crippen LogP contribution in [0, 0.1) is 13.8 Å². The summed E-state index contributed by atoms with van der Waals surface area (Å²) in [5.41, 5.74) is 2.79. The summed E-state index contributed by atoms with van der Waals surface area (Å²) in [6.45, 7) is 6.38. The highest BCUT2D eigenvalue weighted by atomic mass is 32.1. The van der Waals surface area contributed by atoms with Crippen molar-refractivity contribution in [3.63, 3.8) is 0 Å². The maximum absolute atomic E-state index is 12.7. The molecule has 7 heteroatoms. The normalized spacial score (nSPS) is 10.9. The fourth-order valence-corrected chi connectivity index (χ4v) is 3.97. The number of rotatable bonds is 5. The number of hydrogen-bond donors (Lipinski definition) is 1. The lowest BCUT2D eigenvalue weighted by molar-refractivity contribution is 0.0997. The van der Waals surface area contributed by atoms with Gasteiger partial charge in [-0.1, -0.05) is 11.6 Å². The Balaban J connectivity index is 1.58. The van der Waals surface area contributed by atoms with Gasteiger partial charge < -0.3 is 9.15 Å². The number of carbonyl (C=O) groups is 1. The second kappa shape index (κ2) is 8.12. The van der Waals surface area contributed by atoms with Gasteiger partial charge in [0, 0.05) is 16.5 Å². The average molecular weight is 420 g/mol. The summed E-state index contributed by atoms with van der Waals surface area (Å²) in [5, 5.41) is 3.63. The third kappa shape index (κ3) is 3.97. The molecule has 0 fully saturated rings. The van der Waals surface area contributed by atoms with Crippen LogP contribution in [0.3, 0.4) is 0 Å². The highest BCUT2D eigenvalue weighted by Gasteiger charge is 2.16. The van der Waals surface area contributed by atoms with Gasteiger partial charge in [-0.05, 0) is 57.2 Å². The smallest absolute Gasteiger partial charge is 0.293 e. The topological polar surface area (TPSA) is 81.4 Å². The van der Waals surface area contributed by atoms with Crippen molar-refractivity contribution < 1.29 is 13.9 Å². The number of hydrogen-bond acceptors (Lipinski definition) is 6. The quantitative estimate of drug-likeness (QED) is 0.481. The average Bonchev–Trinajstić information content (AvgIpc) is 3.09. The van der Waals surface area contributed by atoms with E-state index in [2.05, 4.69) is 10.3 Å². The Bertz CT molecular complexity index is 1290. The van der Waals surface area contributed by atoms with Crippen molar-refractivity contribution >= 4 is 33.3 Å². The number of benzene rings is 2. The molecule has 2 aromatic carbocycles. The van der Waals surface area contributed by atoms with E-state index in [1.807, 2.05) is 51.1 Å². The molecular weight excluding hydrogens is 400 g/mol. The summed E-state index contributed by atoms with van der Waals surface area (Å²) in [5.74, 6) is 0.234. The largest absolute Gasteiger partial charge is 0.494 e. The van der Waals surface area contributed by atoms with Crippen LogP contribution in [0.15, 0.2) is 57.7 Å². The lowest BCUT2D eigenvalue weighted by Gasteiger charge is -2.04. The van der Waals surface area contributed by atoms with Crippen molar-refractivity contribution in [3.8, 4) is 17.0 Å². The maximum atomic E-state index is 12.7. The lowest BCUT2D eigenvalue weighted by atomic mass is 10.1. The number of anilines is 1. The van der Waals surface area contributed by atoms with Crippen LogP contribution in [0.5, 0.6) is 5.75 Å². The SMILES string of the molecule is CCOc1ccc(-c2nc(NC(=O)c3cc(=O)c4cc(C)ccc4o3)sc2C)cc1. The second-order valence-electron chi connectivity index (χ2n) is 6.81. The van der Waals surface area contributed by atoms with E-state index in [4.69, 9.17) is 9.15 Å². The Morgan fingerprint density at radius 3 is 2.63 bits per heavy atom. The second-order valence-corrected chi connectivity index (χ2v) is 8.01. The summed E-state index contributed by atoms with van der Waals surface area (Å²) >= 11 is 1.36. The van der Waals surface area contributed by atoms with Crippen molar-refractivity contribution in [2.24, 2.45) is 0 Å². The Kier molecular flexibility index (Phi) is 5.37. The number of carbonyl (C=O) groups excluding carboxylic acids is 1. The van der Waals surface area contributed by atoms with Gasteiger partial charge in [-0.15, -0.1) is 11.3 Å². The molecule has 2 aromatic heterocycles. The standard InChI is InChI=1S/C23H20N2O4S/c1-4-28-16-8-6-15(7-9-16)21-14(3)30-23(24-21)25-22(27)20-12-18(26)17-11-13(2)5-10-19(17)29-20/h5-12H,4H2,1-3H3,(H,24,25,27). The van der Waals surface area contributed by atoms with Crippen molar-refractivity contribution in [2.45, 2.75) is 20.8 Å². The third-order valence-corrected chi connectivity index (χ3v) is 5.45. The number of aromatic nitrogens is 1. The predicted molar refractivity (Wildman–Crippen MR) is 119 cm³/mol. The Hall–Kier alpha value is -3.45. The zero-order valence-corrected chi connectivity index (χ0v) is 17.6. The number of aryl methyl sites for hydroxylation is 2. The molecule has 0 unspecified atom stereocenters. The molecular formula is C23H20N2O4S. The molecule has 0 saturated carbocycles. The molecule has 0 radical (unpaired) electrons. The molecule has 0 aliphatic rings. The molecule has 0 aliphatic heterocycles. The molecule has 0 saturated heterocycles. The number of thiazole rings is 1. The predicted octanol–water partition coefficient (Wildman–Crippen LogP) is 5.18. The van der Waals surface area contributed by atoms with Crippen LogP contribution in [-0.4, -0.2) is 17.5 Å². The molecule has 0 bridgehead atoms. The minimum Gasteiger partial charge on any atom is -0.494 e. The highest BCUT2D eigenvalue weighted by Crippen LogP contribution is 2.31. The van der Waals surface area contributed by atoms with E-state index in [0.29, 0.717) is 22.7 Å². The van der Waals surface area contributed by atoms with Gasteiger partial charge in [0.05, 0.1) is 17.7 Å². The molecule has 30 heavy (non-hydrogen) atoms. The first-order chi connectivity index (χ1) is 14.4. The molecule has 0 atom stereocenters. The van der Waals surface area contributed by atoms with Gasteiger partial charge in [0.25, 0.3) is 5.91 Å². The van der Waals surface area contributed by atoms with Crippen LogP contribution < -0.4 is 15.5 Å². The minimum absolute atomic E-state index is 0.0492. The Morgan fingerprint density at radius 1 is 1.13 bits per heavy atom. The number of fused-ring (bicyclic) bond motifs is 1.